The van der Waals surface area contributed by atoms with Gasteiger partial charge in [0.25, 0.3) is 0 Å². The van der Waals surface area contributed by atoms with E-state index in [4.69, 9.17) is 21.4 Å². The summed E-state index contributed by atoms with van der Waals surface area (Å²) in [6.07, 6.45) is 0. The zero-order valence-electron chi connectivity index (χ0n) is 8.96. The summed E-state index contributed by atoms with van der Waals surface area (Å²) in [6.45, 7) is 3.26. The van der Waals surface area contributed by atoms with Crippen LogP contribution in [-0.4, -0.2) is 17.7 Å². The number of carbonyl (C=O) groups is 1. The maximum Gasteiger partial charge on any atom is 0.312 e. The highest BCUT2D eigenvalue weighted by molar-refractivity contribution is 9.10. The Morgan fingerprint density at radius 1 is 1.56 bits per heavy atom. The molecule has 88 valence electrons. The SMILES string of the molecule is CC(C)(COc1cc(Br)ccc1Cl)C(=O)O. The Kier molecular flexibility index (Phi) is 4.21. The molecule has 3 nitrogen and oxygen atoms in total. The molecule has 0 unspecified atom stereocenters. The van der Waals surface area contributed by atoms with Gasteiger partial charge in [-0.15, -0.1) is 0 Å². The first kappa shape index (κ1) is 13.3. The quantitative estimate of drug-likeness (QED) is 0.924. The van der Waals surface area contributed by atoms with E-state index >= 15 is 0 Å². The predicted octanol–water partition coefficient (Wildman–Crippen LogP) is 3.59. The molecule has 0 spiro atoms. The van der Waals surface area contributed by atoms with Crippen molar-refractivity contribution in [3.05, 3.63) is 27.7 Å². The topological polar surface area (TPSA) is 46.5 Å². The van der Waals surface area contributed by atoms with Crippen LogP contribution in [0.4, 0.5) is 0 Å². The van der Waals surface area contributed by atoms with Crippen LogP contribution in [0.1, 0.15) is 13.8 Å². The minimum atomic E-state index is -0.939. The van der Waals surface area contributed by atoms with Crippen molar-refractivity contribution in [1.29, 1.82) is 0 Å². The summed E-state index contributed by atoms with van der Waals surface area (Å²) in [4.78, 5) is 10.9. The lowest BCUT2D eigenvalue weighted by atomic mass is 9.95. The van der Waals surface area contributed by atoms with Crippen molar-refractivity contribution in [3.8, 4) is 5.75 Å². The van der Waals surface area contributed by atoms with E-state index in [1.54, 1.807) is 32.0 Å². The fraction of sp³-hybridized carbons (Fsp3) is 0.364. The smallest absolute Gasteiger partial charge is 0.312 e. The molecule has 0 aliphatic heterocycles. The molecule has 1 aromatic rings. The van der Waals surface area contributed by atoms with Gasteiger partial charge in [-0.3, -0.25) is 4.79 Å². The van der Waals surface area contributed by atoms with Crippen molar-refractivity contribution in [3.63, 3.8) is 0 Å². The van der Waals surface area contributed by atoms with E-state index in [-0.39, 0.29) is 6.61 Å². The summed E-state index contributed by atoms with van der Waals surface area (Å²) in [5.74, 6) is -0.427. The van der Waals surface area contributed by atoms with E-state index in [0.717, 1.165) is 4.47 Å². The van der Waals surface area contributed by atoms with Crippen LogP contribution in [0.2, 0.25) is 5.02 Å². The summed E-state index contributed by atoms with van der Waals surface area (Å²) in [5.41, 5.74) is -0.939. The molecule has 0 radical (unpaired) electrons. The first-order valence-corrected chi connectivity index (χ1v) is 5.81. The minimum absolute atomic E-state index is 0.0680. The fourth-order valence-electron chi connectivity index (χ4n) is 0.908. The molecular formula is C11H12BrClO3. The normalized spacial score (nSPS) is 11.2. The van der Waals surface area contributed by atoms with Gasteiger partial charge in [0.05, 0.1) is 10.4 Å². The number of rotatable bonds is 4. The second kappa shape index (κ2) is 5.06. The minimum Gasteiger partial charge on any atom is -0.491 e. The highest BCUT2D eigenvalue weighted by Crippen LogP contribution is 2.29. The van der Waals surface area contributed by atoms with Gasteiger partial charge in [0.15, 0.2) is 0 Å². The number of hydrogen-bond acceptors (Lipinski definition) is 2. The molecule has 1 N–H and O–H groups in total. The Morgan fingerprint density at radius 2 is 2.19 bits per heavy atom. The Labute approximate surface area is 107 Å². The second-order valence-electron chi connectivity index (χ2n) is 4.05. The summed E-state index contributed by atoms with van der Waals surface area (Å²) < 4.78 is 6.23. The van der Waals surface area contributed by atoms with Crippen LogP contribution < -0.4 is 4.74 Å². The second-order valence-corrected chi connectivity index (χ2v) is 5.38. The van der Waals surface area contributed by atoms with Gasteiger partial charge in [0.2, 0.25) is 0 Å². The van der Waals surface area contributed by atoms with Gasteiger partial charge in [-0.2, -0.15) is 0 Å². The van der Waals surface area contributed by atoms with Crippen LogP contribution in [0.3, 0.4) is 0 Å². The molecule has 0 saturated carbocycles. The molecule has 0 atom stereocenters. The number of ether oxygens (including phenoxy) is 1. The molecule has 1 aromatic carbocycles. The van der Waals surface area contributed by atoms with Crippen LogP contribution in [0.5, 0.6) is 5.75 Å². The van der Waals surface area contributed by atoms with Crippen molar-refractivity contribution < 1.29 is 14.6 Å². The van der Waals surface area contributed by atoms with Crippen molar-refractivity contribution >= 4 is 33.5 Å². The summed E-state index contributed by atoms with van der Waals surface area (Å²) in [5, 5.41) is 9.38. The predicted molar refractivity (Wildman–Crippen MR) is 66.1 cm³/mol. The Balaban J connectivity index is 2.75. The maximum atomic E-state index is 10.9. The molecule has 0 amide bonds. The number of aliphatic carboxylic acids is 1. The molecular weight excluding hydrogens is 295 g/mol. The molecule has 0 aliphatic carbocycles. The van der Waals surface area contributed by atoms with E-state index in [9.17, 15) is 4.79 Å². The van der Waals surface area contributed by atoms with Crippen molar-refractivity contribution in [2.24, 2.45) is 5.41 Å². The molecule has 1 rings (SSSR count). The monoisotopic (exact) mass is 306 g/mol. The molecule has 0 aliphatic rings. The molecule has 5 heteroatoms. The maximum absolute atomic E-state index is 10.9. The number of halogens is 2. The lowest BCUT2D eigenvalue weighted by Crippen LogP contribution is -2.30. The third-order valence-corrected chi connectivity index (χ3v) is 2.87. The summed E-state index contributed by atoms with van der Waals surface area (Å²) in [6, 6.07) is 5.19. The van der Waals surface area contributed by atoms with Gasteiger partial charge in [-0.05, 0) is 32.0 Å². The number of benzene rings is 1. The zero-order chi connectivity index (χ0) is 12.3. The van der Waals surface area contributed by atoms with Gasteiger partial charge in [-0.25, -0.2) is 0 Å². The average Bonchev–Trinajstić information content (AvgIpc) is 2.19. The number of hydrogen-bond donors (Lipinski definition) is 1. The van der Waals surface area contributed by atoms with Crippen LogP contribution >= 0.6 is 27.5 Å². The Bertz CT molecular complexity index is 404. The third-order valence-electron chi connectivity index (χ3n) is 2.06. The van der Waals surface area contributed by atoms with Gasteiger partial charge in [0, 0.05) is 4.47 Å². The van der Waals surface area contributed by atoms with Crippen molar-refractivity contribution in [1.82, 2.24) is 0 Å². The van der Waals surface area contributed by atoms with Crippen LogP contribution in [-0.2, 0) is 4.79 Å². The molecule has 0 fully saturated rings. The highest BCUT2D eigenvalue weighted by Gasteiger charge is 2.28. The van der Waals surface area contributed by atoms with Crippen molar-refractivity contribution in [2.45, 2.75) is 13.8 Å². The van der Waals surface area contributed by atoms with E-state index in [1.165, 1.54) is 0 Å². The molecule has 0 bridgehead atoms. The average molecular weight is 308 g/mol. The van der Waals surface area contributed by atoms with Crippen LogP contribution in [0.25, 0.3) is 0 Å². The van der Waals surface area contributed by atoms with Gasteiger partial charge in [-0.1, -0.05) is 27.5 Å². The zero-order valence-corrected chi connectivity index (χ0v) is 11.3. The van der Waals surface area contributed by atoms with E-state index < -0.39 is 11.4 Å². The molecule has 0 saturated heterocycles. The van der Waals surface area contributed by atoms with Crippen LogP contribution in [0.15, 0.2) is 22.7 Å². The summed E-state index contributed by atoms with van der Waals surface area (Å²) in [7, 11) is 0. The third kappa shape index (κ3) is 3.39. The van der Waals surface area contributed by atoms with E-state index in [1.807, 2.05) is 0 Å². The first-order valence-electron chi connectivity index (χ1n) is 4.64. The highest BCUT2D eigenvalue weighted by atomic mass is 79.9. The molecule has 0 heterocycles. The number of carboxylic acid groups (broad SMARTS) is 1. The lowest BCUT2D eigenvalue weighted by molar-refractivity contribution is -0.148. The Morgan fingerprint density at radius 3 is 2.75 bits per heavy atom. The fourth-order valence-corrected chi connectivity index (χ4v) is 1.42. The number of carboxylic acids is 1. The Hall–Kier alpha value is -0.740. The first-order chi connectivity index (χ1) is 7.33. The van der Waals surface area contributed by atoms with E-state index in [2.05, 4.69) is 15.9 Å². The summed E-state index contributed by atoms with van der Waals surface area (Å²) >= 11 is 9.20. The van der Waals surface area contributed by atoms with Crippen molar-refractivity contribution in [2.75, 3.05) is 6.61 Å². The standard InChI is InChI=1S/C11H12BrClO3/c1-11(2,10(14)15)6-16-9-5-7(12)3-4-8(9)13/h3-5H,6H2,1-2H3,(H,14,15). The molecule has 16 heavy (non-hydrogen) atoms. The van der Waals surface area contributed by atoms with E-state index in [0.29, 0.717) is 10.8 Å². The van der Waals surface area contributed by atoms with Gasteiger partial charge < -0.3 is 9.84 Å². The van der Waals surface area contributed by atoms with Gasteiger partial charge >= 0.3 is 5.97 Å². The van der Waals surface area contributed by atoms with Crippen LogP contribution in [0, 0.1) is 5.41 Å². The lowest BCUT2D eigenvalue weighted by Gasteiger charge is -2.20. The molecule has 0 aromatic heterocycles. The largest absolute Gasteiger partial charge is 0.491 e. The van der Waals surface area contributed by atoms with Gasteiger partial charge in [0.1, 0.15) is 12.4 Å².